The Kier molecular flexibility index (Phi) is 6.31. The van der Waals surface area contributed by atoms with E-state index in [0.29, 0.717) is 18.1 Å². The highest BCUT2D eigenvalue weighted by atomic mass is 35.5. The van der Waals surface area contributed by atoms with Crippen LogP contribution in [0.15, 0.2) is 48.5 Å². The summed E-state index contributed by atoms with van der Waals surface area (Å²) >= 11 is 6.01. The summed E-state index contributed by atoms with van der Waals surface area (Å²) in [5, 5.41) is 11.8. The van der Waals surface area contributed by atoms with Crippen LogP contribution in [0.2, 0.25) is 5.02 Å². The summed E-state index contributed by atoms with van der Waals surface area (Å²) in [6.45, 7) is 6.80. The van der Waals surface area contributed by atoms with Gasteiger partial charge in [-0.15, -0.1) is 0 Å². The number of aliphatic hydroxyl groups is 1. The molecule has 0 radical (unpaired) electrons. The van der Waals surface area contributed by atoms with Gasteiger partial charge in [0.2, 0.25) is 0 Å². The van der Waals surface area contributed by atoms with Crippen molar-refractivity contribution in [1.29, 1.82) is 0 Å². The Labute approximate surface area is 172 Å². The number of benzene rings is 2. The van der Waals surface area contributed by atoms with Crippen molar-refractivity contribution in [2.75, 3.05) is 13.1 Å². The van der Waals surface area contributed by atoms with Crippen molar-refractivity contribution < 1.29 is 14.6 Å². The quantitative estimate of drug-likeness (QED) is 0.718. The fraction of sp³-hybridized carbons (Fsp3) is 0.435. The highest BCUT2D eigenvalue weighted by molar-refractivity contribution is 6.30. The molecule has 4 nitrogen and oxygen atoms in total. The maximum atomic E-state index is 12.3. The smallest absolute Gasteiger partial charge is 0.410 e. The predicted molar refractivity (Wildman–Crippen MR) is 112 cm³/mol. The molecule has 0 aliphatic carbocycles. The van der Waals surface area contributed by atoms with E-state index in [9.17, 15) is 9.90 Å². The SMILES string of the molecule is CC(C)(C)OC(=O)N1CCC([C@H](O)c2ccccc2-c2ccc(Cl)cc2)CC1. The molecule has 1 atom stereocenters. The van der Waals surface area contributed by atoms with Gasteiger partial charge in [-0.1, -0.05) is 48.0 Å². The summed E-state index contributed by atoms with van der Waals surface area (Å²) in [5.41, 5.74) is 2.47. The summed E-state index contributed by atoms with van der Waals surface area (Å²) in [4.78, 5) is 14.0. The highest BCUT2D eigenvalue weighted by Crippen LogP contribution is 2.36. The fourth-order valence-electron chi connectivity index (χ4n) is 3.63. The van der Waals surface area contributed by atoms with Crippen LogP contribution in [-0.2, 0) is 4.74 Å². The molecule has 5 heteroatoms. The molecule has 2 aromatic carbocycles. The number of likely N-dealkylation sites (tertiary alicyclic amines) is 1. The number of carbonyl (C=O) groups excluding carboxylic acids is 1. The van der Waals surface area contributed by atoms with E-state index >= 15 is 0 Å². The number of piperidine rings is 1. The molecule has 0 aromatic heterocycles. The van der Waals surface area contributed by atoms with Gasteiger partial charge in [0, 0.05) is 18.1 Å². The monoisotopic (exact) mass is 401 g/mol. The van der Waals surface area contributed by atoms with Gasteiger partial charge in [0.15, 0.2) is 0 Å². The minimum Gasteiger partial charge on any atom is -0.444 e. The Morgan fingerprint density at radius 3 is 2.32 bits per heavy atom. The molecule has 1 fully saturated rings. The van der Waals surface area contributed by atoms with Gasteiger partial charge in [-0.05, 0) is 68.4 Å². The zero-order chi connectivity index (χ0) is 20.3. The maximum absolute atomic E-state index is 12.3. The van der Waals surface area contributed by atoms with Crippen molar-refractivity contribution in [3.8, 4) is 11.1 Å². The number of carbonyl (C=O) groups is 1. The molecule has 2 aromatic rings. The van der Waals surface area contributed by atoms with Crippen LogP contribution in [0.3, 0.4) is 0 Å². The van der Waals surface area contributed by atoms with E-state index in [2.05, 4.69) is 0 Å². The van der Waals surface area contributed by atoms with E-state index in [4.69, 9.17) is 16.3 Å². The van der Waals surface area contributed by atoms with E-state index in [0.717, 1.165) is 29.5 Å². The number of ether oxygens (including phenoxy) is 1. The number of halogens is 1. The number of rotatable bonds is 3. The van der Waals surface area contributed by atoms with E-state index in [1.807, 2.05) is 69.3 Å². The molecular weight excluding hydrogens is 374 g/mol. The van der Waals surface area contributed by atoms with Gasteiger partial charge in [-0.2, -0.15) is 0 Å². The Morgan fingerprint density at radius 1 is 1.11 bits per heavy atom. The normalized spacial score (nSPS) is 16.7. The van der Waals surface area contributed by atoms with Crippen LogP contribution in [0.1, 0.15) is 45.3 Å². The van der Waals surface area contributed by atoms with Gasteiger partial charge in [-0.25, -0.2) is 4.79 Å². The van der Waals surface area contributed by atoms with Gasteiger partial charge in [0.05, 0.1) is 6.10 Å². The molecule has 150 valence electrons. The highest BCUT2D eigenvalue weighted by Gasteiger charge is 2.31. The molecule has 3 rings (SSSR count). The molecule has 0 saturated carbocycles. The Morgan fingerprint density at radius 2 is 1.71 bits per heavy atom. The number of amides is 1. The maximum Gasteiger partial charge on any atom is 0.410 e. The lowest BCUT2D eigenvalue weighted by atomic mass is 9.84. The Hall–Kier alpha value is -2.04. The zero-order valence-corrected chi connectivity index (χ0v) is 17.4. The lowest BCUT2D eigenvalue weighted by Crippen LogP contribution is -2.42. The first kappa shape index (κ1) is 20.7. The molecule has 0 spiro atoms. The van der Waals surface area contributed by atoms with Gasteiger partial charge in [-0.3, -0.25) is 0 Å². The fourth-order valence-corrected chi connectivity index (χ4v) is 3.75. The zero-order valence-electron chi connectivity index (χ0n) is 16.7. The first-order valence-corrected chi connectivity index (χ1v) is 10.1. The van der Waals surface area contributed by atoms with Crippen molar-refractivity contribution >= 4 is 17.7 Å². The van der Waals surface area contributed by atoms with Crippen molar-refractivity contribution in [3.05, 3.63) is 59.1 Å². The molecule has 1 aliphatic rings. The lowest BCUT2D eigenvalue weighted by Gasteiger charge is -2.35. The molecule has 1 saturated heterocycles. The van der Waals surface area contributed by atoms with E-state index < -0.39 is 11.7 Å². The second-order valence-electron chi connectivity index (χ2n) is 8.34. The number of aliphatic hydroxyl groups excluding tert-OH is 1. The summed E-state index contributed by atoms with van der Waals surface area (Å²) in [5.74, 6) is 0.104. The number of hydrogen-bond acceptors (Lipinski definition) is 3. The van der Waals surface area contributed by atoms with Crippen molar-refractivity contribution in [2.24, 2.45) is 5.92 Å². The van der Waals surface area contributed by atoms with Gasteiger partial charge in [0.1, 0.15) is 5.60 Å². The van der Waals surface area contributed by atoms with Crippen molar-refractivity contribution in [2.45, 2.75) is 45.3 Å². The third-order valence-corrected chi connectivity index (χ3v) is 5.32. The van der Waals surface area contributed by atoms with E-state index in [-0.39, 0.29) is 12.0 Å². The van der Waals surface area contributed by atoms with Crippen molar-refractivity contribution in [3.63, 3.8) is 0 Å². The minimum atomic E-state index is -0.576. The first-order chi connectivity index (χ1) is 13.2. The molecule has 1 N–H and O–H groups in total. The van der Waals surface area contributed by atoms with Gasteiger partial charge in [0.25, 0.3) is 0 Å². The molecular formula is C23H28ClNO3. The topological polar surface area (TPSA) is 49.8 Å². The molecule has 1 aliphatic heterocycles. The Bertz CT molecular complexity index is 805. The van der Waals surface area contributed by atoms with Crippen LogP contribution in [0.5, 0.6) is 0 Å². The first-order valence-electron chi connectivity index (χ1n) is 9.75. The van der Waals surface area contributed by atoms with Crippen LogP contribution in [0.4, 0.5) is 4.79 Å². The van der Waals surface area contributed by atoms with Crippen LogP contribution in [-0.4, -0.2) is 34.8 Å². The van der Waals surface area contributed by atoms with Crippen LogP contribution < -0.4 is 0 Å². The van der Waals surface area contributed by atoms with Crippen LogP contribution in [0.25, 0.3) is 11.1 Å². The van der Waals surface area contributed by atoms with E-state index in [1.165, 1.54) is 0 Å². The predicted octanol–water partition coefficient (Wildman–Crippen LogP) is 5.69. The van der Waals surface area contributed by atoms with Gasteiger partial charge < -0.3 is 14.7 Å². The van der Waals surface area contributed by atoms with Gasteiger partial charge >= 0.3 is 6.09 Å². The lowest BCUT2D eigenvalue weighted by molar-refractivity contribution is 0.00773. The molecule has 1 heterocycles. The molecule has 28 heavy (non-hydrogen) atoms. The standard InChI is InChI=1S/C23H28ClNO3/c1-23(2,3)28-22(27)25-14-12-17(13-15-25)21(26)20-7-5-4-6-19(20)16-8-10-18(24)11-9-16/h4-11,17,21,26H,12-15H2,1-3H3/t21-/m0/s1. The molecule has 1 amide bonds. The number of nitrogens with zero attached hydrogens (tertiary/aromatic N) is 1. The average molecular weight is 402 g/mol. The minimum absolute atomic E-state index is 0.104. The Balaban J connectivity index is 1.70. The second kappa shape index (κ2) is 8.54. The van der Waals surface area contributed by atoms with Crippen molar-refractivity contribution in [1.82, 2.24) is 4.90 Å². The third-order valence-electron chi connectivity index (χ3n) is 5.07. The summed E-state index contributed by atoms with van der Waals surface area (Å²) in [6.07, 6.45) is 0.639. The van der Waals surface area contributed by atoms with Crippen LogP contribution >= 0.6 is 11.6 Å². The molecule has 0 bridgehead atoms. The third kappa shape index (κ3) is 5.06. The molecule has 0 unspecified atom stereocenters. The van der Waals surface area contributed by atoms with Crippen LogP contribution in [0, 0.1) is 5.92 Å². The second-order valence-corrected chi connectivity index (χ2v) is 8.78. The summed E-state index contributed by atoms with van der Waals surface area (Å²) in [7, 11) is 0. The number of hydrogen-bond donors (Lipinski definition) is 1. The summed E-state index contributed by atoms with van der Waals surface area (Å²) < 4.78 is 5.46. The summed E-state index contributed by atoms with van der Waals surface area (Å²) in [6, 6.07) is 15.6. The largest absolute Gasteiger partial charge is 0.444 e. The van der Waals surface area contributed by atoms with E-state index in [1.54, 1.807) is 4.90 Å². The average Bonchev–Trinajstić information content (AvgIpc) is 2.67.